The molecule has 0 radical (unpaired) electrons. The topological polar surface area (TPSA) is 76.0 Å². The van der Waals surface area contributed by atoms with Gasteiger partial charge in [-0.1, -0.05) is 13.3 Å². The van der Waals surface area contributed by atoms with Crippen molar-refractivity contribution in [2.45, 2.75) is 19.8 Å². The molecule has 5 nitrogen and oxygen atoms in total. The predicted molar refractivity (Wildman–Crippen MR) is 74.7 cm³/mol. The molecule has 2 rings (SSSR count). The van der Waals surface area contributed by atoms with Gasteiger partial charge in [-0.3, -0.25) is 0 Å². The van der Waals surface area contributed by atoms with Gasteiger partial charge in [0, 0.05) is 18.8 Å². The van der Waals surface area contributed by atoms with Gasteiger partial charge in [0.05, 0.1) is 17.6 Å². The van der Waals surface area contributed by atoms with Gasteiger partial charge in [0.2, 0.25) is 5.95 Å². The number of hydrogen-bond donors (Lipinski definition) is 3. The molecule has 0 aliphatic heterocycles. The van der Waals surface area contributed by atoms with Crippen LogP contribution < -0.4 is 11.1 Å². The number of imidazole rings is 1. The number of aromatic amines is 1. The number of rotatable bonds is 7. The predicted octanol–water partition coefficient (Wildman–Crippen LogP) is 2.37. The number of nitrogens with zero attached hydrogens (tertiary/aromatic N) is 1. The van der Waals surface area contributed by atoms with E-state index in [0.29, 0.717) is 6.61 Å². The zero-order chi connectivity index (χ0) is 12.8. The van der Waals surface area contributed by atoms with E-state index in [2.05, 4.69) is 22.2 Å². The minimum absolute atomic E-state index is 0.694. The maximum Gasteiger partial charge on any atom is 0.201 e. The number of unbranched alkanes of at least 4 members (excludes halogenated alkanes) is 1. The monoisotopic (exact) mass is 248 g/mol. The molecule has 0 atom stereocenters. The average molecular weight is 248 g/mol. The average Bonchev–Trinajstić information content (AvgIpc) is 2.75. The van der Waals surface area contributed by atoms with Crippen LogP contribution in [-0.4, -0.2) is 29.7 Å². The van der Waals surface area contributed by atoms with Gasteiger partial charge in [-0.15, -0.1) is 0 Å². The molecule has 0 unspecified atom stereocenters. The molecule has 0 aliphatic rings. The fraction of sp³-hybridized carbons (Fsp3) is 0.462. The summed E-state index contributed by atoms with van der Waals surface area (Å²) in [4.78, 5) is 7.59. The summed E-state index contributed by atoms with van der Waals surface area (Å²) in [5.41, 5.74) is 8.31. The highest BCUT2D eigenvalue weighted by Crippen LogP contribution is 2.16. The normalized spacial score (nSPS) is 10.9. The first-order valence-electron chi connectivity index (χ1n) is 6.36. The largest absolute Gasteiger partial charge is 0.399 e. The summed E-state index contributed by atoms with van der Waals surface area (Å²) >= 11 is 0. The fourth-order valence-corrected chi connectivity index (χ4v) is 1.70. The molecule has 1 aromatic heterocycles. The molecule has 0 bridgehead atoms. The molecule has 1 aromatic carbocycles. The number of hydrogen-bond acceptors (Lipinski definition) is 4. The van der Waals surface area contributed by atoms with Crippen LogP contribution in [0.2, 0.25) is 0 Å². The molecule has 0 spiro atoms. The molecule has 98 valence electrons. The highest BCUT2D eigenvalue weighted by Gasteiger charge is 2.01. The highest BCUT2D eigenvalue weighted by molar-refractivity contribution is 5.80. The van der Waals surface area contributed by atoms with Crippen molar-refractivity contribution in [1.82, 2.24) is 9.97 Å². The van der Waals surface area contributed by atoms with Crippen LogP contribution in [0.1, 0.15) is 19.8 Å². The third-order valence-electron chi connectivity index (χ3n) is 2.69. The molecule has 0 aliphatic carbocycles. The van der Waals surface area contributed by atoms with Crippen molar-refractivity contribution in [3.05, 3.63) is 18.2 Å². The van der Waals surface area contributed by atoms with Crippen LogP contribution in [-0.2, 0) is 4.74 Å². The summed E-state index contributed by atoms with van der Waals surface area (Å²) in [6.07, 6.45) is 2.28. The molecule has 2 aromatic rings. The standard InChI is InChI=1S/C13H20N4O/c1-2-3-7-18-8-6-15-13-16-11-5-4-10(14)9-12(11)17-13/h4-5,9H,2-3,6-8,14H2,1H3,(H2,15,16,17). The second kappa shape index (κ2) is 6.26. The van der Waals surface area contributed by atoms with Crippen molar-refractivity contribution in [2.24, 2.45) is 0 Å². The second-order valence-electron chi connectivity index (χ2n) is 4.25. The molecule has 18 heavy (non-hydrogen) atoms. The van der Waals surface area contributed by atoms with Crippen LogP contribution in [0.25, 0.3) is 11.0 Å². The fourth-order valence-electron chi connectivity index (χ4n) is 1.70. The summed E-state index contributed by atoms with van der Waals surface area (Å²) in [5, 5.41) is 3.20. The first kappa shape index (κ1) is 12.7. The zero-order valence-corrected chi connectivity index (χ0v) is 10.7. The Bertz CT molecular complexity index is 495. The lowest BCUT2D eigenvalue weighted by atomic mass is 10.3. The van der Waals surface area contributed by atoms with E-state index in [1.165, 1.54) is 6.42 Å². The Morgan fingerprint density at radius 2 is 2.28 bits per heavy atom. The molecule has 0 amide bonds. The van der Waals surface area contributed by atoms with Gasteiger partial charge >= 0.3 is 0 Å². The van der Waals surface area contributed by atoms with Crippen molar-refractivity contribution < 1.29 is 4.74 Å². The number of anilines is 2. The number of nitrogens with one attached hydrogen (secondary N) is 2. The summed E-state index contributed by atoms with van der Waals surface area (Å²) in [6, 6.07) is 5.64. The van der Waals surface area contributed by atoms with E-state index in [0.717, 1.165) is 42.2 Å². The molecule has 1 heterocycles. The maximum atomic E-state index is 5.71. The van der Waals surface area contributed by atoms with E-state index in [4.69, 9.17) is 10.5 Å². The molecular weight excluding hydrogens is 228 g/mol. The van der Waals surface area contributed by atoms with E-state index in [9.17, 15) is 0 Å². The third kappa shape index (κ3) is 3.37. The first-order valence-corrected chi connectivity index (χ1v) is 6.36. The van der Waals surface area contributed by atoms with Gasteiger partial charge in [-0.05, 0) is 24.6 Å². The Hall–Kier alpha value is -1.75. The molecule has 0 saturated carbocycles. The third-order valence-corrected chi connectivity index (χ3v) is 2.69. The van der Waals surface area contributed by atoms with Gasteiger partial charge in [-0.25, -0.2) is 4.98 Å². The number of benzene rings is 1. The smallest absolute Gasteiger partial charge is 0.201 e. The van der Waals surface area contributed by atoms with Crippen LogP contribution in [0.3, 0.4) is 0 Å². The van der Waals surface area contributed by atoms with E-state index < -0.39 is 0 Å². The van der Waals surface area contributed by atoms with Crippen LogP contribution in [0.5, 0.6) is 0 Å². The Balaban J connectivity index is 1.81. The van der Waals surface area contributed by atoms with E-state index in [1.54, 1.807) is 0 Å². The molecule has 4 N–H and O–H groups in total. The zero-order valence-electron chi connectivity index (χ0n) is 10.7. The summed E-state index contributed by atoms with van der Waals surface area (Å²) in [7, 11) is 0. The lowest BCUT2D eigenvalue weighted by Gasteiger charge is -2.03. The molecule has 5 heteroatoms. The molecule has 0 saturated heterocycles. The number of H-pyrrole nitrogens is 1. The van der Waals surface area contributed by atoms with Crippen LogP contribution >= 0.6 is 0 Å². The van der Waals surface area contributed by atoms with Crippen molar-refractivity contribution in [3.8, 4) is 0 Å². The summed E-state index contributed by atoms with van der Waals surface area (Å²) in [5.74, 6) is 0.759. The van der Waals surface area contributed by atoms with E-state index >= 15 is 0 Å². The van der Waals surface area contributed by atoms with Crippen molar-refractivity contribution >= 4 is 22.7 Å². The minimum Gasteiger partial charge on any atom is -0.399 e. The maximum absolute atomic E-state index is 5.71. The van der Waals surface area contributed by atoms with Gasteiger partial charge in [0.1, 0.15) is 0 Å². The highest BCUT2D eigenvalue weighted by atomic mass is 16.5. The Morgan fingerprint density at radius 1 is 1.39 bits per heavy atom. The van der Waals surface area contributed by atoms with Crippen LogP contribution in [0, 0.1) is 0 Å². The van der Waals surface area contributed by atoms with Crippen molar-refractivity contribution in [3.63, 3.8) is 0 Å². The van der Waals surface area contributed by atoms with Gasteiger partial charge in [-0.2, -0.15) is 0 Å². The van der Waals surface area contributed by atoms with Crippen molar-refractivity contribution in [2.75, 3.05) is 30.8 Å². The van der Waals surface area contributed by atoms with Crippen LogP contribution in [0.15, 0.2) is 18.2 Å². The van der Waals surface area contributed by atoms with E-state index in [-0.39, 0.29) is 0 Å². The van der Waals surface area contributed by atoms with Crippen LogP contribution in [0.4, 0.5) is 11.6 Å². The Morgan fingerprint density at radius 3 is 3.11 bits per heavy atom. The SMILES string of the molecule is CCCCOCCNc1nc2ccc(N)cc2[nH]1. The van der Waals surface area contributed by atoms with Crippen molar-refractivity contribution in [1.29, 1.82) is 0 Å². The summed E-state index contributed by atoms with van der Waals surface area (Å²) in [6.45, 7) is 4.43. The minimum atomic E-state index is 0.694. The number of ether oxygens (including phenoxy) is 1. The first-order chi connectivity index (χ1) is 8.79. The lowest BCUT2D eigenvalue weighted by Crippen LogP contribution is -2.10. The Kier molecular flexibility index (Phi) is 4.41. The molecule has 0 fully saturated rings. The number of fused-ring (bicyclic) bond motifs is 1. The second-order valence-corrected chi connectivity index (χ2v) is 4.25. The van der Waals surface area contributed by atoms with Gasteiger partial charge in [0.15, 0.2) is 0 Å². The molecular formula is C13H20N4O. The lowest BCUT2D eigenvalue weighted by molar-refractivity contribution is 0.141. The van der Waals surface area contributed by atoms with Gasteiger partial charge < -0.3 is 20.8 Å². The van der Waals surface area contributed by atoms with E-state index in [1.807, 2.05) is 18.2 Å². The summed E-state index contributed by atoms with van der Waals surface area (Å²) < 4.78 is 5.46. The number of nitrogens with two attached hydrogens (primary N) is 1. The Labute approximate surface area is 107 Å². The van der Waals surface area contributed by atoms with Gasteiger partial charge in [0.25, 0.3) is 0 Å². The number of nitrogen functional groups attached to an aromatic ring is 1. The quantitative estimate of drug-likeness (QED) is 0.519. The number of aromatic nitrogens is 2.